The van der Waals surface area contributed by atoms with Crippen molar-refractivity contribution in [1.29, 1.82) is 0 Å². The molecule has 0 saturated carbocycles. The standard InChI is InChI=1S/C16H15Cl2NO3/c1-20-15-8-12(7-14(18)16(15)21-2)9-19-22-10-11-3-5-13(17)6-4-11/h3-9H,10H2,1-2H3/b19-9-. The minimum absolute atomic E-state index is 0.356. The van der Waals surface area contributed by atoms with E-state index in [1.165, 1.54) is 7.11 Å². The maximum absolute atomic E-state index is 6.12. The molecule has 2 aromatic carbocycles. The Balaban J connectivity index is 2.01. The largest absolute Gasteiger partial charge is 0.493 e. The summed E-state index contributed by atoms with van der Waals surface area (Å²) in [5.41, 5.74) is 1.73. The highest BCUT2D eigenvalue weighted by Gasteiger charge is 2.09. The van der Waals surface area contributed by atoms with E-state index in [0.29, 0.717) is 28.2 Å². The summed E-state index contributed by atoms with van der Waals surface area (Å²) in [4.78, 5) is 5.24. The lowest BCUT2D eigenvalue weighted by Gasteiger charge is -2.09. The van der Waals surface area contributed by atoms with Crippen molar-refractivity contribution in [3.63, 3.8) is 0 Å². The second-order valence-electron chi connectivity index (χ2n) is 4.37. The molecule has 0 bridgehead atoms. The van der Waals surface area contributed by atoms with E-state index in [2.05, 4.69) is 5.16 Å². The van der Waals surface area contributed by atoms with E-state index in [1.807, 2.05) is 12.1 Å². The molecule has 0 unspecified atom stereocenters. The summed E-state index contributed by atoms with van der Waals surface area (Å²) >= 11 is 11.9. The highest BCUT2D eigenvalue weighted by molar-refractivity contribution is 6.32. The number of methoxy groups -OCH3 is 2. The number of ether oxygens (including phenoxy) is 2. The third kappa shape index (κ3) is 4.29. The summed E-state index contributed by atoms with van der Waals surface area (Å²) in [6.07, 6.45) is 1.56. The zero-order valence-electron chi connectivity index (χ0n) is 12.2. The van der Waals surface area contributed by atoms with E-state index in [9.17, 15) is 0 Å². The van der Waals surface area contributed by atoms with E-state index < -0.39 is 0 Å². The smallest absolute Gasteiger partial charge is 0.179 e. The van der Waals surface area contributed by atoms with Gasteiger partial charge in [-0.05, 0) is 29.8 Å². The van der Waals surface area contributed by atoms with Gasteiger partial charge in [0.25, 0.3) is 0 Å². The molecule has 2 aromatic rings. The van der Waals surface area contributed by atoms with Crippen LogP contribution in [0.4, 0.5) is 0 Å². The van der Waals surface area contributed by atoms with E-state index in [-0.39, 0.29) is 0 Å². The van der Waals surface area contributed by atoms with Gasteiger partial charge >= 0.3 is 0 Å². The molecule has 4 nitrogen and oxygen atoms in total. The third-order valence-electron chi connectivity index (χ3n) is 2.88. The van der Waals surface area contributed by atoms with Crippen LogP contribution in [-0.2, 0) is 11.4 Å². The Labute approximate surface area is 139 Å². The molecule has 0 fully saturated rings. The Kier molecular flexibility index (Phi) is 5.92. The molecular weight excluding hydrogens is 325 g/mol. The molecule has 0 aliphatic rings. The zero-order valence-corrected chi connectivity index (χ0v) is 13.7. The van der Waals surface area contributed by atoms with E-state index in [0.717, 1.165) is 11.1 Å². The van der Waals surface area contributed by atoms with Crippen molar-refractivity contribution in [3.8, 4) is 11.5 Å². The van der Waals surface area contributed by atoms with Gasteiger partial charge in [0.05, 0.1) is 25.5 Å². The summed E-state index contributed by atoms with van der Waals surface area (Å²) in [6, 6.07) is 10.9. The molecular formula is C16H15Cl2NO3. The first-order chi connectivity index (χ1) is 10.6. The summed E-state index contributed by atoms with van der Waals surface area (Å²) in [5, 5.41) is 5.05. The predicted molar refractivity (Wildman–Crippen MR) is 88.4 cm³/mol. The quantitative estimate of drug-likeness (QED) is 0.572. The molecule has 0 aliphatic heterocycles. The maximum Gasteiger partial charge on any atom is 0.179 e. The molecule has 0 spiro atoms. The predicted octanol–water partition coefficient (Wildman–Crippen LogP) is 4.56. The van der Waals surface area contributed by atoms with Gasteiger partial charge in [-0.2, -0.15) is 0 Å². The van der Waals surface area contributed by atoms with Crippen LogP contribution in [0.25, 0.3) is 0 Å². The Morgan fingerprint density at radius 1 is 1.05 bits per heavy atom. The number of rotatable bonds is 6. The van der Waals surface area contributed by atoms with Crippen molar-refractivity contribution in [2.45, 2.75) is 6.61 Å². The Bertz CT molecular complexity index is 657. The van der Waals surface area contributed by atoms with Crippen LogP contribution in [0.5, 0.6) is 11.5 Å². The second kappa shape index (κ2) is 7.92. The number of oxime groups is 1. The van der Waals surface area contributed by atoms with Crippen LogP contribution in [0.1, 0.15) is 11.1 Å². The van der Waals surface area contributed by atoms with Crippen LogP contribution in [0.3, 0.4) is 0 Å². The molecule has 0 saturated heterocycles. The normalized spacial score (nSPS) is 10.7. The van der Waals surface area contributed by atoms with Gasteiger partial charge in [-0.25, -0.2) is 0 Å². The lowest BCUT2D eigenvalue weighted by atomic mass is 10.2. The lowest BCUT2D eigenvalue weighted by molar-refractivity contribution is 0.132. The number of benzene rings is 2. The van der Waals surface area contributed by atoms with Gasteiger partial charge in [-0.3, -0.25) is 0 Å². The summed E-state index contributed by atoms with van der Waals surface area (Å²) in [7, 11) is 3.08. The first-order valence-corrected chi connectivity index (χ1v) is 7.21. The fourth-order valence-electron chi connectivity index (χ4n) is 1.80. The lowest BCUT2D eigenvalue weighted by Crippen LogP contribution is -1.94. The first-order valence-electron chi connectivity index (χ1n) is 6.45. The SMILES string of the molecule is COc1cc(/C=N\OCc2ccc(Cl)cc2)cc(Cl)c1OC. The van der Waals surface area contributed by atoms with Crippen molar-refractivity contribution in [1.82, 2.24) is 0 Å². The summed E-state index contributed by atoms with van der Waals surface area (Å²) in [6.45, 7) is 0.356. The maximum atomic E-state index is 6.12. The molecule has 22 heavy (non-hydrogen) atoms. The monoisotopic (exact) mass is 339 g/mol. The minimum Gasteiger partial charge on any atom is -0.493 e. The van der Waals surface area contributed by atoms with E-state index in [1.54, 1.807) is 37.6 Å². The van der Waals surface area contributed by atoms with Gasteiger partial charge in [0.1, 0.15) is 6.61 Å². The highest BCUT2D eigenvalue weighted by atomic mass is 35.5. The van der Waals surface area contributed by atoms with Gasteiger partial charge in [0.2, 0.25) is 0 Å². The summed E-state index contributed by atoms with van der Waals surface area (Å²) in [5.74, 6) is 1.03. The molecule has 0 N–H and O–H groups in total. The molecule has 0 atom stereocenters. The fraction of sp³-hybridized carbons (Fsp3) is 0.188. The van der Waals surface area contributed by atoms with Crippen molar-refractivity contribution in [3.05, 3.63) is 57.6 Å². The zero-order chi connectivity index (χ0) is 15.9. The Morgan fingerprint density at radius 2 is 1.77 bits per heavy atom. The van der Waals surface area contributed by atoms with Gasteiger partial charge in [-0.15, -0.1) is 0 Å². The van der Waals surface area contributed by atoms with E-state index in [4.69, 9.17) is 37.5 Å². The average molecular weight is 340 g/mol. The van der Waals surface area contributed by atoms with Gasteiger partial charge in [0, 0.05) is 10.6 Å². The van der Waals surface area contributed by atoms with Gasteiger partial charge in [0.15, 0.2) is 11.5 Å². The van der Waals surface area contributed by atoms with Crippen LogP contribution in [0.2, 0.25) is 10.0 Å². The van der Waals surface area contributed by atoms with Gasteiger partial charge < -0.3 is 14.3 Å². The number of halogens is 2. The molecule has 0 heterocycles. The number of hydrogen-bond acceptors (Lipinski definition) is 4. The average Bonchev–Trinajstić information content (AvgIpc) is 2.52. The van der Waals surface area contributed by atoms with Crippen LogP contribution in [0.15, 0.2) is 41.6 Å². The number of hydrogen-bond donors (Lipinski definition) is 0. The number of nitrogens with zero attached hydrogens (tertiary/aromatic N) is 1. The molecule has 0 aromatic heterocycles. The van der Waals surface area contributed by atoms with Crippen LogP contribution in [0, 0.1) is 0 Å². The van der Waals surface area contributed by atoms with Crippen LogP contribution < -0.4 is 9.47 Å². The molecule has 0 aliphatic carbocycles. The fourth-order valence-corrected chi connectivity index (χ4v) is 2.23. The van der Waals surface area contributed by atoms with E-state index >= 15 is 0 Å². The Hall–Kier alpha value is -1.91. The summed E-state index contributed by atoms with van der Waals surface area (Å²) < 4.78 is 10.4. The first kappa shape index (κ1) is 16.5. The molecule has 2 rings (SSSR count). The van der Waals surface area contributed by atoms with Crippen molar-refractivity contribution >= 4 is 29.4 Å². The highest BCUT2D eigenvalue weighted by Crippen LogP contribution is 2.35. The minimum atomic E-state index is 0.356. The van der Waals surface area contributed by atoms with Crippen LogP contribution >= 0.6 is 23.2 Å². The topological polar surface area (TPSA) is 40.0 Å². The molecule has 0 amide bonds. The third-order valence-corrected chi connectivity index (χ3v) is 3.41. The molecule has 0 radical (unpaired) electrons. The van der Waals surface area contributed by atoms with Crippen molar-refractivity contribution in [2.24, 2.45) is 5.16 Å². The van der Waals surface area contributed by atoms with Gasteiger partial charge in [-0.1, -0.05) is 40.5 Å². The van der Waals surface area contributed by atoms with Crippen molar-refractivity contribution < 1.29 is 14.3 Å². The molecule has 6 heteroatoms. The van der Waals surface area contributed by atoms with Crippen LogP contribution in [-0.4, -0.2) is 20.4 Å². The Morgan fingerprint density at radius 3 is 2.41 bits per heavy atom. The van der Waals surface area contributed by atoms with Crippen molar-refractivity contribution in [2.75, 3.05) is 14.2 Å². The molecule has 116 valence electrons. The second-order valence-corrected chi connectivity index (χ2v) is 5.22.